The van der Waals surface area contributed by atoms with E-state index in [1.54, 1.807) is 24.0 Å². The molecule has 2 aromatic carbocycles. The van der Waals surface area contributed by atoms with Crippen LogP contribution in [-0.2, 0) is 24.1 Å². The van der Waals surface area contributed by atoms with Gasteiger partial charge in [-0.05, 0) is 52.5 Å². The number of thiophene rings is 1. The van der Waals surface area contributed by atoms with Crippen LogP contribution in [0.3, 0.4) is 0 Å². The molecule has 1 aliphatic rings. The molecule has 1 N–H and O–H groups in total. The number of fused-ring (bicyclic) bond motifs is 3. The molecule has 1 aliphatic carbocycles. The van der Waals surface area contributed by atoms with E-state index in [1.165, 1.54) is 22.3 Å². The van der Waals surface area contributed by atoms with Crippen molar-refractivity contribution in [2.45, 2.75) is 17.9 Å². The van der Waals surface area contributed by atoms with Gasteiger partial charge in [-0.15, -0.1) is 11.3 Å². The highest BCUT2D eigenvalue weighted by Gasteiger charge is 2.25. The lowest BCUT2D eigenvalue weighted by atomic mass is 10.1. The Morgan fingerprint density at radius 2 is 2.06 bits per heavy atom. The predicted octanol–water partition coefficient (Wildman–Crippen LogP) is 4.51. The monoisotopic (exact) mass is 481 g/mol. The zero-order chi connectivity index (χ0) is 22.9. The molecule has 0 amide bonds. The van der Waals surface area contributed by atoms with Gasteiger partial charge in [-0.1, -0.05) is 36.3 Å². The van der Waals surface area contributed by atoms with E-state index in [0.29, 0.717) is 12.3 Å². The van der Waals surface area contributed by atoms with Gasteiger partial charge in [0.15, 0.2) is 10.6 Å². The molecule has 8 heteroatoms. The molecule has 0 saturated carbocycles. The molecule has 6 nitrogen and oxygen atoms in total. The minimum absolute atomic E-state index is 0.321. The summed E-state index contributed by atoms with van der Waals surface area (Å²) in [6, 6.07) is 18.1. The van der Waals surface area contributed by atoms with Gasteiger partial charge in [0.25, 0.3) is 0 Å². The summed E-state index contributed by atoms with van der Waals surface area (Å²) in [5.41, 5.74) is 8.01. The largest absolute Gasteiger partial charge is 0.611 e. The van der Waals surface area contributed by atoms with Crippen LogP contribution in [0.5, 0.6) is 0 Å². The maximum atomic E-state index is 12.4. The normalized spacial score (nSPS) is 12.6. The van der Waals surface area contributed by atoms with Gasteiger partial charge in [-0.3, -0.25) is 5.10 Å². The lowest BCUT2D eigenvalue weighted by Gasteiger charge is -2.05. The molecule has 5 aromatic rings. The Labute approximate surface area is 203 Å². The first-order chi connectivity index (χ1) is 16.7. The Morgan fingerprint density at radius 1 is 1.15 bits per heavy atom. The van der Waals surface area contributed by atoms with Crippen LogP contribution in [0.2, 0.25) is 0 Å². The van der Waals surface area contributed by atoms with Crippen molar-refractivity contribution in [3.8, 4) is 34.4 Å². The van der Waals surface area contributed by atoms with E-state index >= 15 is 0 Å². The minimum Gasteiger partial charge on any atom is -0.611 e. The van der Waals surface area contributed by atoms with E-state index in [9.17, 15) is 4.55 Å². The molecule has 0 radical (unpaired) electrons. The summed E-state index contributed by atoms with van der Waals surface area (Å²) in [6.45, 7) is 0.686. The Kier molecular flexibility index (Phi) is 5.51. The number of H-pyrrole nitrogens is 1. The molecule has 0 bridgehead atoms. The van der Waals surface area contributed by atoms with Crippen molar-refractivity contribution < 1.29 is 4.55 Å². The summed E-state index contributed by atoms with van der Waals surface area (Å²) in [4.78, 5) is 5.77. The van der Waals surface area contributed by atoms with E-state index in [1.807, 2.05) is 35.0 Å². The summed E-state index contributed by atoms with van der Waals surface area (Å²) in [6.07, 6.45) is 4.13. The predicted molar refractivity (Wildman–Crippen MR) is 134 cm³/mol. The van der Waals surface area contributed by atoms with Gasteiger partial charge in [0.1, 0.15) is 12.7 Å². The third kappa shape index (κ3) is 4.05. The van der Waals surface area contributed by atoms with Crippen molar-refractivity contribution in [3.63, 3.8) is 0 Å². The summed E-state index contributed by atoms with van der Waals surface area (Å²) in [7, 11) is 0. The Hall–Kier alpha value is -3.64. The van der Waals surface area contributed by atoms with E-state index in [4.69, 9.17) is 0 Å². The number of aromatic amines is 1. The van der Waals surface area contributed by atoms with Gasteiger partial charge in [-0.2, -0.15) is 10.2 Å². The van der Waals surface area contributed by atoms with E-state index in [2.05, 4.69) is 61.8 Å². The third-order valence-corrected chi connectivity index (χ3v) is 7.83. The SMILES string of the molecule is [O-][S+](CC#Cc1cc(-c2n[nH]c3c2Cc2ccc(Cn4cncn4)cc2-3)cs1)c1ccccc1. The van der Waals surface area contributed by atoms with Crippen LogP contribution in [0.25, 0.3) is 22.5 Å². The smallest absolute Gasteiger partial charge is 0.171 e. The highest BCUT2D eigenvalue weighted by molar-refractivity contribution is 7.91. The first-order valence-electron chi connectivity index (χ1n) is 10.8. The zero-order valence-corrected chi connectivity index (χ0v) is 19.7. The average Bonchev–Trinajstić information content (AvgIpc) is 3.65. The second-order valence-corrected chi connectivity index (χ2v) is 10.4. The van der Waals surface area contributed by atoms with Crippen LogP contribution in [0.1, 0.15) is 21.6 Å². The number of aromatic nitrogens is 5. The summed E-state index contributed by atoms with van der Waals surface area (Å²) >= 11 is 0.477. The minimum atomic E-state index is -1.11. The first kappa shape index (κ1) is 20.9. The molecule has 166 valence electrons. The highest BCUT2D eigenvalue weighted by Crippen LogP contribution is 2.41. The molecular formula is C26H19N5OS2. The first-order valence-corrected chi connectivity index (χ1v) is 13.0. The average molecular weight is 482 g/mol. The Balaban J connectivity index is 1.20. The van der Waals surface area contributed by atoms with Crippen LogP contribution >= 0.6 is 11.3 Å². The topological polar surface area (TPSA) is 82.5 Å². The van der Waals surface area contributed by atoms with E-state index < -0.39 is 11.2 Å². The lowest BCUT2D eigenvalue weighted by molar-refractivity contribution is 0.598. The van der Waals surface area contributed by atoms with Crippen LogP contribution in [0, 0.1) is 11.8 Å². The second kappa shape index (κ2) is 8.95. The van der Waals surface area contributed by atoms with Gasteiger partial charge >= 0.3 is 0 Å². The summed E-state index contributed by atoms with van der Waals surface area (Å²) in [5.74, 6) is 6.56. The van der Waals surface area contributed by atoms with Gasteiger partial charge in [0.2, 0.25) is 0 Å². The van der Waals surface area contributed by atoms with Crippen molar-refractivity contribution in [2.24, 2.45) is 0 Å². The summed E-state index contributed by atoms with van der Waals surface area (Å²) < 4.78 is 14.2. The Morgan fingerprint density at radius 3 is 2.91 bits per heavy atom. The fraction of sp³-hybridized carbons (Fsp3) is 0.115. The number of rotatable bonds is 5. The molecule has 0 aliphatic heterocycles. The number of nitrogens with one attached hydrogen (secondary N) is 1. The molecule has 1 atom stereocenters. The fourth-order valence-corrected chi connectivity index (χ4v) is 5.76. The van der Waals surface area contributed by atoms with Gasteiger partial charge < -0.3 is 4.55 Å². The molecule has 0 spiro atoms. The van der Waals surface area contributed by atoms with Crippen LogP contribution in [-0.4, -0.2) is 35.3 Å². The standard InChI is InChI=1S/C26H19N5OS2/c32-34(22-6-2-1-3-7-22)10-4-5-21-12-20(15-33-21)25-24-13-19-9-8-18(14-31-17-27-16-28-31)11-23(19)26(24)30-29-25/h1-3,6-9,11-12,15-17H,10,13-14H2,(H,29,30). The van der Waals surface area contributed by atoms with Crippen LogP contribution in [0.4, 0.5) is 0 Å². The maximum absolute atomic E-state index is 12.4. The van der Waals surface area contributed by atoms with Gasteiger partial charge in [0.05, 0.1) is 22.8 Å². The maximum Gasteiger partial charge on any atom is 0.171 e. The number of benzene rings is 2. The molecule has 0 fully saturated rings. The molecule has 34 heavy (non-hydrogen) atoms. The molecule has 3 heterocycles. The molecule has 1 unspecified atom stereocenters. The van der Waals surface area contributed by atoms with Crippen LogP contribution in [0.15, 0.2) is 77.5 Å². The quantitative estimate of drug-likeness (QED) is 0.290. The molecule has 0 saturated heterocycles. The zero-order valence-electron chi connectivity index (χ0n) is 18.1. The van der Waals surface area contributed by atoms with Crippen molar-refractivity contribution in [1.82, 2.24) is 25.0 Å². The lowest BCUT2D eigenvalue weighted by Crippen LogP contribution is -2.04. The van der Waals surface area contributed by atoms with E-state index in [-0.39, 0.29) is 0 Å². The molecule has 6 rings (SSSR count). The van der Waals surface area contributed by atoms with Crippen molar-refractivity contribution in [1.29, 1.82) is 0 Å². The number of hydrogen-bond acceptors (Lipinski definition) is 5. The Bertz CT molecular complexity index is 1510. The third-order valence-electron chi connectivity index (χ3n) is 5.78. The van der Waals surface area contributed by atoms with Crippen molar-refractivity contribution >= 4 is 22.5 Å². The molecule has 3 aromatic heterocycles. The van der Waals surface area contributed by atoms with Crippen molar-refractivity contribution in [3.05, 3.63) is 94.2 Å². The van der Waals surface area contributed by atoms with Gasteiger partial charge in [0, 0.05) is 28.5 Å². The highest BCUT2D eigenvalue weighted by atomic mass is 32.2. The van der Waals surface area contributed by atoms with E-state index in [0.717, 1.165) is 33.1 Å². The second-order valence-electron chi connectivity index (χ2n) is 7.99. The fourth-order valence-electron chi connectivity index (χ4n) is 4.17. The molecular weight excluding hydrogens is 462 g/mol. The number of nitrogens with zero attached hydrogens (tertiary/aromatic N) is 4. The van der Waals surface area contributed by atoms with Crippen molar-refractivity contribution in [2.75, 3.05) is 5.75 Å². The number of hydrogen-bond donors (Lipinski definition) is 1. The van der Waals surface area contributed by atoms with Gasteiger partial charge in [-0.25, -0.2) is 9.67 Å². The summed E-state index contributed by atoms with van der Waals surface area (Å²) in [5, 5.41) is 14.2. The van der Waals surface area contributed by atoms with Crippen LogP contribution < -0.4 is 0 Å².